The number of aromatic nitrogens is 2. The van der Waals surface area contributed by atoms with Crippen molar-refractivity contribution in [3.05, 3.63) is 41.2 Å². The van der Waals surface area contributed by atoms with E-state index < -0.39 is 0 Å². The Morgan fingerprint density at radius 2 is 2.25 bits per heavy atom. The second kappa shape index (κ2) is 6.76. The van der Waals surface area contributed by atoms with E-state index in [1.54, 1.807) is 17.8 Å². The molecule has 0 saturated heterocycles. The van der Waals surface area contributed by atoms with E-state index in [2.05, 4.69) is 20.6 Å². The summed E-state index contributed by atoms with van der Waals surface area (Å²) in [5, 5.41) is 7.65. The van der Waals surface area contributed by atoms with Gasteiger partial charge in [-0.25, -0.2) is 4.98 Å². The smallest absolute Gasteiger partial charge is 0.226 e. The molecule has 0 atom stereocenters. The Morgan fingerprint density at radius 1 is 1.40 bits per heavy atom. The summed E-state index contributed by atoms with van der Waals surface area (Å²) in [4.78, 5) is 30.8. The number of carbonyl (C=O) groups is 2. The van der Waals surface area contributed by atoms with Crippen LogP contribution in [-0.4, -0.2) is 21.8 Å². The van der Waals surface area contributed by atoms with Crippen LogP contribution in [0.3, 0.4) is 0 Å². The molecule has 0 radical (unpaired) electrons. The molecule has 0 aliphatic carbocycles. The first-order valence-electron chi connectivity index (χ1n) is 6.01. The van der Waals surface area contributed by atoms with Crippen LogP contribution in [0.1, 0.15) is 18.2 Å². The molecule has 104 valence electrons. The maximum atomic E-state index is 11.8. The van der Waals surface area contributed by atoms with Crippen LogP contribution in [0.5, 0.6) is 0 Å². The summed E-state index contributed by atoms with van der Waals surface area (Å²) < 4.78 is 0. The summed E-state index contributed by atoms with van der Waals surface area (Å²) >= 11 is 1.30. The van der Waals surface area contributed by atoms with Gasteiger partial charge in [0.15, 0.2) is 5.13 Å². The Hall–Kier alpha value is -2.28. The molecular formula is C13H14N4O2S. The Labute approximate surface area is 120 Å². The molecule has 0 unspecified atom stereocenters. The van der Waals surface area contributed by atoms with E-state index in [9.17, 15) is 9.59 Å². The number of amides is 2. The van der Waals surface area contributed by atoms with Crippen molar-refractivity contribution in [1.82, 2.24) is 15.3 Å². The Morgan fingerprint density at radius 3 is 2.95 bits per heavy atom. The summed E-state index contributed by atoms with van der Waals surface area (Å²) in [5.41, 5.74) is 1.58. The summed E-state index contributed by atoms with van der Waals surface area (Å²) in [7, 11) is 0. The van der Waals surface area contributed by atoms with Crippen molar-refractivity contribution < 1.29 is 9.59 Å². The van der Waals surface area contributed by atoms with Crippen molar-refractivity contribution in [2.24, 2.45) is 0 Å². The number of carbonyl (C=O) groups excluding carboxylic acids is 2. The van der Waals surface area contributed by atoms with Gasteiger partial charge in [-0.3, -0.25) is 14.6 Å². The first-order valence-corrected chi connectivity index (χ1v) is 6.89. The molecule has 0 aromatic carbocycles. The quantitative estimate of drug-likeness (QED) is 0.870. The lowest BCUT2D eigenvalue weighted by molar-refractivity contribution is -0.120. The Kier molecular flexibility index (Phi) is 4.78. The van der Waals surface area contributed by atoms with Gasteiger partial charge in [0.05, 0.1) is 12.1 Å². The molecule has 2 heterocycles. The molecule has 0 spiro atoms. The summed E-state index contributed by atoms with van der Waals surface area (Å²) in [6.07, 6.45) is 3.58. The zero-order chi connectivity index (χ0) is 14.4. The van der Waals surface area contributed by atoms with Crippen LogP contribution in [0.2, 0.25) is 0 Å². The highest BCUT2D eigenvalue weighted by Gasteiger charge is 2.08. The number of hydrogen-bond acceptors (Lipinski definition) is 5. The fraction of sp³-hybridized carbons (Fsp3) is 0.231. The molecule has 2 N–H and O–H groups in total. The van der Waals surface area contributed by atoms with Gasteiger partial charge < -0.3 is 10.6 Å². The molecule has 2 amide bonds. The van der Waals surface area contributed by atoms with Gasteiger partial charge in [0.2, 0.25) is 11.8 Å². The summed E-state index contributed by atoms with van der Waals surface area (Å²) in [6, 6.07) is 3.71. The van der Waals surface area contributed by atoms with Crippen molar-refractivity contribution in [1.29, 1.82) is 0 Å². The van der Waals surface area contributed by atoms with Crippen molar-refractivity contribution >= 4 is 28.3 Å². The summed E-state index contributed by atoms with van der Waals surface area (Å²) in [5.74, 6) is -0.291. The molecule has 0 fully saturated rings. The van der Waals surface area contributed by atoms with Crippen LogP contribution < -0.4 is 10.6 Å². The number of hydrogen-bond donors (Lipinski definition) is 2. The van der Waals surface area contributed by atoms with E-state index >= 15 is 0 Å². The zero-order valence-corrected chi connectivity index (χ0v) is 11.7. The van der Waals surface area contributed by atoms with Crippen molar-refractivity contribution in [3.8, 4) is 0 Å². The third-order valence-corrected chi connectivity index (χ3v) is 3.20. The molecule has 2 aromatic heterocycles. The second-order valence-electron chi connectivity index (χ2n) is 4.14. The minimum atomic E-state index is -0.174. The lowest BCUT2D eigenvalue weighted by atomic mass is 10.2. The Bertz CT molecular complexity index is 597. The predicted molar refractivity (Wildman–Crippen MR) is 76.2 cm³/mol. The predicted octanol–water partition coefficient (Wildman–Crippen LogP) is 1.36. The van der Waals surface area contributed by atoms with E-state index in [0.717, 1.165) is 5.56 Å². The molecule has 2 rings (SSSR count). The molecule has 2 aromatic rings. The first kappa shape index (κ1) is 14.1. The standard InChI is InChI=1S/C13H14N4O2S/c1-9(18)16-13-17-11(8-20-13)5-12(19)15-7-10-3-2-4-14-6-10/h2-4,6,8H,5,7H2,1H3,(H,15,19)(H,16,17,18). The van der Waals surface area contributed by atoms with Gasteiger partial charge in [0.25, 0.3) is 0 Å². The lowest BCUT2D eigenvalue weighted by Crippen LogP contribution is -2.24. The van der Waals surface area contributed by atoms with Crippen LogP contribution in [0, 0.1) is 0 Å². The highest BCUT2D eigenvalue weighted by molar-refractivity contribution is 7.13. The summed E-state index contributed by atoms with van der Waals surface area (Å²) in [6.45, 7) is 1.86. The van der Waals surface area contributed by atoms with Crippen molar-refractivity contribution in [2.45, 2.75) is 19.9 Å². The Balaban J connectivity index is 1.82. The molecule has 0 aliphatic rings. The van der Waals surface area contributed by atoms with E-state index in [1.165, 1.54) is 18.3 Å². The fourth-order valence-corrected chi connectivity index (χ4v) is 2.28. The lowest BCUT2D eigenvalue weighted by Gasteiger charge is -2.03. The van der Waals surface area contributed by atoms with Crippen LogP contribution in [0.15, 0.2) is 29.9 Å². The third kappa shape index (κ3) is 4.43. The molecule has 7 heteroatoms. The monoisotopic (exact) mass is 290 g/mol. The maximum absolute atomic E-state index is 11.8. The first-order chi connectivity index (χ1) is 9.63. The third-order valence-electron chi connectivity index (χ3n) is 2.39. The van der Waals surface area contributed by atoms with Gasteiger partial charge >= 0.3 is 0 Å². The average Bonchev–Trinajstić information content (AvgIpc) is 2.84. The number of anilines is 1. The van der Waals surface area contributed by atoms with Crippen molar-refractivity contribution in [3.63, 3.8) is 0 Å². The minimum absolute atomic E-state index is 0.117. The highest BCUT2D eigenvalue weighted by atomic mass is 32.1. The molecule has 6 nitrogen and oxygen atoms in total. The fourth-order valence-electron chi connectivity index (χ4n) is 1.53. The van der Waals surface area contributed by atoms with Gasteiger partial charge in [0.1, 0.15) is 0 Å². The number of nitrogens with zero attached hydrogens (tertiary/aromatic N) is 2. The SMILES string of the molecule is CC(=O)Nc1nc(CC(=O)NCc2cccnc2)cs1. The number of thiazole rings is 1. The molecule has 20 heavy (non-hydrogen) atoms. The molecule has 0 bridgehead atoms. The number of rotatable bonds is 5. The van der Waals surface area contributed by atoms with Crippen LogP contribution in [-0.2, 0) is 22.6 Å². The number of pyridine rings is 1. The largest absolute Gasteiger partial charge is 0.352 e. The van der Waals surface area contributed by atoms with Crippen LogP contribution in [0.25, 0.3) is 0 Å². The van der Waals surface area contributed by atoms with Crippen molar-refractivity contribution in [2.75, 3.05) is 5.32 Å². The molecular weight excluding hydrogens is 276 g/mol. The zero-order valence-electron chi connectivity index (χ0n) is 10.9. The molecule has 0 saturated carbocycles. The molecule has 0 aliphatic heterocycles. The average molecular weight is 290 g/mol. The van der Waals surface area contributed by atoms with Gasteiger partial charge in [-0.05, 0) is 11.6 Å². The highest BCUT2D eigenvalue weighted by Crippen LogP contribution is 2.15. The van der Waals surface area contributed by atoms with Crippen LogP contribution >= 0.6 is 11.3 Å². The van der Waals surface area contributed by atoms with Gasteiger partial charge in [-0.1, -0.05) is 6.07 Å². The van der Waals surface area contributed by atoms with Gasteiger partial charge in [0, 0.05) is 31.2 Å². The van der Waals surface area contributed by atoms with Crippen LogP contribution in [0.4, 0.5) is 5.13 Å². The number of nitrogens with one attached hydrogen (secondary N) is 2. The van der Waals surface area contributed by atoms with E-state index in [-0.39, 0.29) is 18.2 Å². The van der Waals surface area contributed by atoms with Gasteiger partial charge in [-0.15, -0.1) is 11.3 Å². The topological polar surface area (TPSA) is 84.0 Å². The maximum Gasteiger partial charge on any atom is 0.226 e. The van der Waals surface area contributed by atoms with Gasteiger partial charge in [-0.2, -0.15) is 0 Å². The second-order valence-corrected chi connectivity index (χ2v) is 5.00. The van der Waals surface area contributed by atoms with E-state index in [0.29, 0.717) is 17.4 Å². The normalized spacial score (nSPS) is 10.1. The van der Waals surface area contributed by atoms with E-state index in [4.69, 9.17) is 0 Å². The minimum Gasteiger partial charge on any atom is -0.352 e. The van der Waals surface area contributed by atoms with E-state index in [1.807, 2.05) is 12.1 Å².